The van der Waals surface area contributed by atoms with Crippen LogP contribution in [0.4, 0.5) is 0 Å². The zero-order valence-corrected chi connectivity index (χ0v) is 10.5. The number of hydrogen-bond acceptors (Lipinski definition) is 1. The predicted octanol–water partition coefficient (Wildman–Crippen LogP) is 3.28. The van der Waals surface area contributed by atoms with Gasteiger partial charge in [-0.3, -0.25) is 0 Å². The first-order valence-electron chi connectivity index (χ1n) is 5.58. The van der Waals surface area contributed by atoms with E-state index in [0.29, 0.717) is 5.92 Å². The molecule has 1 heterocycles. The maximum absolute atomic E-state index is 6.13. The van der Waals surface area contributed by atoms with Gasteiger partial charge in [0.25, 0.3) is 0 Å². The van der Waals surface area contributed by atoms with E-state index >= 15 is 0 Å². The molecule has 0 spiro atoms. The minimum absolute atomic E-state index is 0.503. The number of fused-ring (bicyclic) bond motifs is 1. The highest BCUT2D eigenvalue weighted by molar-refractivity contribution is 6.35. The summed E-state index contributed by atoms with van der Waals surface area (Å²) < 4.78 is 2.07. The van der Waals surface area contributed by atoms with Crippen LogP contribution in [0.3, 0.4) is 0 Å². The molecule has 0 radical (unpaired) electrons. The largest absolute Gasteiger partial charge is 0.349 e. The number of benzene rings is 1. The summed E-state index contributed by atoms with van der Waals surface area (Å²) >= 11 is 6.13. The first kappa shape index (κ1) is 11.5. The van der Waals surface area contributed by atoms with Crippen molar-refractivity contribution in [3.63, 3.8) is 0 Å². The molecule has 1 unspecified atom stereocenters. The topological polar surface area (TPSA) is 30.9 Å². The predicted molar refractivity (Wildman–Crippen MR) is 70.0 cm³/mol. The lowest BCUT2D eigenvalue weighted by Crippen LogP contribution is -2.04. The van der Waals surface area contributed by atoms with Gasteiger partial charge in [0.2, 0.25) is 0 Å². The van der Waals surface area contributed by atoms with E-state index in [0.717, 1.165) is 23.4 Å². The van der Waals surface area contributed by atoms with Crippen LogP contribution in [0.15, 0.2) is 24.4 Å². The Balaban J connectivity index is 2.47. The van der Waals surface area contributed by atoms with Crippen LogP contribution < -0.4 is 5.73 Å². The molecule has 1 aromatic carbocycles. The van der Waals surface area contributed by atoms with Crippen molar-refractivity contribution in [1.82, 2.24) is 4.57 Å². The molecule has 2 aromatic rings. The Labute approximate surface area is 101 Å². The molecule has 1 aromatic heterocycles. The van der Waals surface area contributed by atoms with Crippen molar-refractivity contribution in [2.75, 3.05) is 6.54 Å². The van der Waals surface area contributed by atoms with Crippen LogP contribution in [-0.2, 0) is 7.05 Å². The van der Waals surface area contributed by atoms with Crippen molar-refractivity contribution in [2.45, 2.75) is 19.3 Å². The average molecular weight is 237 g/mol. The molecule has 2 rings (SSSR count). The number of nitrogens with two attached hydrogens (primary N) is 1. The Kier molecular flexibility index (Phi) is 3.22. The molecule has 0 aliphatic carbocycles. The lowest BCUT2D eigenvalue weighted by Gasteiger charge is -2.10. The van der Waals surface area contributed by atoms with Crippen molar-refractivity contribution in [3.8, 4) is 0 Å². The fourth-order valence-corrected chi connectivity index (χ4v) is 2.38. The molecule has 0 bridgehead atoms. The number of halogens is 1. The lowest BCUT2D eigenvalue weighted by molar-refractivity contribution is 0.690. The minimum atomic E-state index is 0.503. The van der Waals surface area contributed by atoms with Crippen LogP contribution in [0.1, 0.15) is 24.8 Å². The molecule has 16 heavy (non-hydrogen) atoms. The van der Waals surface area contributed by atoms with Crippen molar-refractivity contribution < 1.29 is 0 Å². The normalized spacial score (nSPS) is 13.2. The molecule has 2 nitrogen and oxygen atoms in total. The summed E-state index contributed by atoms with van der Waals surface area (Å²) in [7, 11) is 2.02. The second-order valence-corrected chi connectivity index (χ2v) is 4.75. The average Bonchev–Trinajstić information content (AvgIpc) is 2.55. The van der Waals surface area contributed by atoms with Gasteiger partial charge >= 0.3 is 0 Å². The summed E-state index contributed by atoms with van der Waals surface area (Å²) in [5.41, 5.74) is 8.10. The molecule has 2 N–H and O–H groups in total. The van der Waals surface area contributed by atoms with Crippen molar-refractivity contribution in [3.05, 3.63) is 35.0 Å². The standard InChI is InChI=1S/C13H17ClN2/c1-9(5-6-15)10-3-4-11-12(14)8-16(2)13(11)7-10/h3-4,7-9H,5-6,15H2,1-2H3. The van der Waals surface area contributed by atoms with Gasteiger partial charge in [-0.15, -0.1) is 0 Å². The highest BCUT2D eigenvalue weighted by atomic mass is 35.5. The zero-order valence-electron chi connectivity index (χ0n) is 9.70. The molecule has 0 saturated carbocycles. The maximum Gasteiger partial charge on any atom is 0.0661 e. The molecule has 0 aliphatic rings. The third-order valence-corrected chi connectivity index (χ3v) is 3.44. The van der Waals surface area contributed by atoms with E-state index in [1.807, 2.05) is 13.2 Å². The number of aryl methyl sites for hydroxylation is 1. The fraction of sp³-hybridized carbons (Fsp3) is 0.385. The third kappa shape index (κ3) is 1.95. The smallest absolute Gasteiger partial charge is 0.0661 e. The Morgan fingerprint density at radius 2 is 2.19 bits per heavy atom. The highest BCUT2D eigenvalue weighted by Crippen LogP contribution is 2.28. The van der Waals surface area contributed by atoms with Gasteiger partial charge in [0.05, 0.1) is 5.02 Å². The number of aromatic nitrogens is 1. The van der Waals surface area contributed by atoms with Gasteiger partial charge in [-0.2, -0.15) is 0 Å². The van der Waals surface area contributed by atoms with Crippen LogP contribution >= 0.6 is 11.6 Å². The maximum atomic E-state index is 6.13. The molecule has 0 amide bonds. The van der Waals surface area contributed by atoms with Gasteiger partial charge in [0.1, 0.15) is 0 Å². The molecule has 0 fully saturated rings. The molecular formula is C13H17ClN2. The van der Waals surface area contributed by atoms with E-state index in [1.165, 1.54) is 11.1 Å². The van der Waals surface area contributed by atoms with Crippen molar-refractivity contribution in [2.24, 2.45) is 12.8 Å². The molecule has 3 heteroatoms. The number of rotatable bonds is 3. The van der Waals surface area contributed by atoms with Crippen LogP contribution in [0.5, 0.6) is 0 Å². The first-order chi connectivity index (χ1) is 7.63. The van der Waals surface area contributed by atoms with E-state index in [-0.39, 0.29) is 0 Å². The second kappa shape index (κ2) is 4.48. The Morgan fingerprint density at radius 3 is 2.88 bits per heavy atom. The van der Waals surface area contributed by atoms with E-state index in [4.69, 9.17) is 17.3 Å². The van der Waals surface area contributed by atoms with Gasteiger partial charge in [-0.25, -0.2) is 0 Å². The molecular weight excluding hydrogens is 220 g/mol. The quantitative estimate of drug-likeness (QED) is 0.871. The zero-order chi connectivity index (χ0) is 11.7. The third-order valence-electron chi connectivity index (χ3n) is 3.13. The van der Waals surface area contributed by atoms with Crippen LogP contribution in [0.25, 0.3) is 10.9 Å². The van der Waals surface area contributed by atoms with Gasteiger partial charge in [-0.05, 0) is 30.5 Å². The summed E-state index contributed by atoms with van der Waals surface area (Å²) in [6.07, 6.45) is 2.97. The van der Waals surface area contributed by atoms with Crippen molar-refractivity contribution in [1.29, 1.82) is 0 Å². The van der Waals surface area contributed by atoms with Gasteiger partial charge in [-0.1, -0.05) is 30.7 Å². The lowest BCUT2D eigenvalue weighted by atomic mass is 9.97. The SMILES string of the molecule is CC(CCN)c1ccc2c(Cl)cn(C)c2c1. The summed E-state index contributed by atoms with van der Waals surface area (Å²) in [4.78, 5) is 0. The van der Waals surface area contributed by atoms with Crippen molar-refractivity contribution >= 4 is 22.5 Å². The summed E-state index contributed by atoms with van der Waals surface area (Å²) in [6, 6.07) is 6.45. The van der Waals surface area contributed by atoms with E-state index in [9.17, 15) is 0 Å². The van der Waals surface area contributed by atoms with Crippen LogP contribution in [0, 0.1) is 0 Å². The monoisotopic (exact) mass is 236 g/mol. The Bertz CT molecular complexity index is 502. The summed E-state index contributed by atoms with van der Waals surface area (Å²) in [5.74, 6) is 0.503. The van der Waals surface area contributed by atoms with E-state index in [1.54, 1.807) is 0 Å². The van der Waals surface area contributed by atoms with Gasteiger partial charge in [0.15, 0.2) is 0 Å². The Hall–Kier alpha value is -0.990. The highest BCUT2D eigenvalue weighted by Gasteiger charge is 2.09. The summed E-state index contributed by atoms with van der Waals surface area (Å²) in [6.45, 7) is 2.94. The van der Waals surface area contributed by atoms with Crippen LogP contribution in [-0.4, -0.2) is 11.1 Å². The fourth-order valence-electron chi connectivity index (χ4n) is 2.07. The molecule has 1 atom stereocenters. The van der Waals surface area contributed by atoms with E-state index < -0.39 is 0 Å². The summed E-state index contributed by atoms with van der Waals surface area (Å²) in [5, 5.41) is 1.93. The molecule has 0 saturated heterocycles. The minimum Gasteiger partial charge on any atom is -0.349 e. The van der Waals surface area contributed by atoms with E-state index in [2.05, 4.69) is 29.7 Å². The number of nitrogens with zero attached hydrogens (tertiary/aromatic N) is 1. The van der Waals surface area contributed by atoms with Crippen LogP contribution in [0.2, 0.25) is 5.02 Å². The van der Waals surface area contributed by atoms with Gasteiger partial charge < -0.3 is 10.3 Å². The molecule has 0 aliphatic heterocycles. The van der Waals surface area contributed by atoms with Gasteiger partial charge in [0, 0.05) is 24.1 Å². The molecule has 86 valence electrons. The second-order valence-electron chi connectivity index (χ2n) is 4.34. The number of hydrogen-bond donors (Lipinski definition) is 1. The first-order valence-corrected chi connectivity index (χ1v) is 5.96. The Morgan fingerprint density at radius 1 is 1.44 bits per heavy atom.